The quantitative estimate of drug-likeness (QED) is 0.485. The van der Waals surface area contributed by atoms with Gasteiger partial charge >= 0.3 is 5.97 Å². The summed E-state index contributed by atoms with van der Waals surface area (Å²) < 4.78 is 9.51. The van der Waals surface area contributed by atoms with Gasteiger partial charge < -0.3 is 14.6 Å². The van der Waals surface area contributed by atoms with Gasteiger partial charge in [-0.3, -0.25) is 0 Å². The van der Waals surface area contributed by atoms with Gasteiger partial charge in [0.15, 0.2) is 0 Å². The standard InChI is InChI=1S/C15H18O4/c1-18-14(11-15(17)19-2)10-13(16)9-8-12-6-4-3-5-7-12/h3-9,11,13,16H,10H2,1-2H3/b9-8-,14-11+. The molecule has 4 heteroatoms. The molecule has 0 amide bonds. The van der Waals surface area contributed by atoms with Crippen molar-refractivity contribution in [2.45, 2.75) is 12.5 Å². The van der Waals surface area contributed by atoms with Crippen LogP contribution in [0, 0.1) is 0 Å². The summed E-state index contributed by atoms with van der Waals surface area (Å²) in [4.78, 5) is 11.1. The first-order chi connectivity index (χ1) is 9.15. The molecule has 0 fully saturated rings. The Kier molecular flexibility index (Phi) is 6.39. The fourth-order valence-electron chi connectivity index (χ4n) is 1.45. The lowest BCUT2D eigenvalue weighted by Gasteiger charge is -2.08. The van der Waals surface area contributed by atoms with Gasteiger partial charge in [0.1, 0.15) is 5.76 Å². The average Bonchev–Trinajstić information content (AvgIpc) is 2.45. The van der Waals surface area contributed by atoms with Gasteiger partial charge in [0, 0.05) is 6.42 Å². The van der Waals surface area contributed by atoms with E-state index < -0.39 is 12.1 Å². The van der Waals surface area contributed by atoms with Gasteiger partial charge in [-0.2, -0.15) is 0 Å². The molecule has 0 radical (unpaired) electrons. The van der Waals surface area contributed by atoms with Crippen LogP contribution in [-0.2, 0) is 14.3 Å². The molecule has 0 saturated carbocycles. The van der Waals surface area contributed by atoms with Crippen molar-refractivity contribution in [2.75, 3.05) is 14.2 Å². The van der Waals surface area contributed by atoms with Crippen LogP contribution in [0.1, 0.15) is 12.0 Å². The molecule has 1 unspecified atom stereocenters. The molecule has 0 aliphatic heterocycles. The van der Waals surface area contributed by atoms with E-state index in [9.17, 15) is 9.90 Å². The summed E-state index contributed by atoms with van der Waals surface area (Å²) in [6, 6.07) is 9.64. The Hall–Kier alpha value is -2.07. The van der Waals surface area contributed by atoms with Crippen molar-refractivity contribution in [3.8, 4) is 0 Å². The topological polar surface area (TPSA) is 55.8 Å². The van der Waals surface area contributed by atoms with Crippen LogP contribution < -0.4 is 0 Å². The van der Waals surface area contributed by atoms with Crippen molar-refractivity contribution in [2.24, 2.45) is 0 Å². The molecule has 102 valence electrons. The molecule has 0 aliphatic carbocycles. The number of ether oxygens (including phenoxy) is 2. The van der Waals surface area contributed by atoms with Crippen LogP contribution in [-0.4, -0.2) is 31.4 Å². The number of aliphatic hydroxyl groups excluding tert-OH is 1. The summed E-state index contributed by atoms with van der Waals surface area (Å²) in [5, 5.41) is 9.84. The maximum atomic E-state index is 11.1. The van der Waals surface area contributed by atoms with Gasteiger partial charge in [0.05, 0.1) is 26.4 Å². The molecule has 0 heterocycles. The van der Waals surface area contributed by atoms with Crippen LogP contribution in [0.25, 0.3) is 6.08 Å². The van der Waals surface area contributed by atoms with Crippen LogP contribution in [0.5, 0.6) is 0 Å². The van der Waals surface area contributed by atoms with E-state index in [1.807, 2.05) is 36.4 Å². The molecule has 0 bridgehead atoms. The number of hydrogen-bond donors (Lipinski definition) is 1. The van der Waals surface area contributed by atoms with Crippen molar-refractivity contribution in [3.63, 3.8) is 0 Å². The van der Waals surface area contributed by atoms with Gasteiger partial charge in [-0.15, -0.1) is 0 Å². The molecule has 1 aromatic carbocycles. The third-order valence-electron chi connectivity index (χ3n) is 2.46. The van der Waals surface area contributed by atoms with E-state index in [1.165, 1.54) is 20.3 Å². The smallest absolute Gasteiger partial charge is 0.333 e. The Balaban J connectivity index is 2.59. The second-order valence-electron chi connectivity index (χ2n) is 3.88. The second-order valence-corrected chi connectivity index (χ2v) is 3.88. The zero-order valence-corrected chi connectivity index (χ0v) is 11.1. The van der Waals surface area contributed by atoms with Crippen LogP contribution in [0.2, 0.25) is 0 Å². The molecule has 0 saturated heterocycles. The predicted molar refractivity (Wildman–Crippen MR) is 73.2 cm³/mol. The van der Waals surface area contributed by atoms with E-state index in [2.05, 4.69) is 4.74 Å². The molecule has 19 heavy (non-hydrogen) atoms. The lowest BCUT2D eigenvalue weighted by atomic mass is 10.1. The number of hydrogen-bond acceptors (Lipinski definition) is 4. The highest BCUT2D eigenvalue weighted by atomic mass is 16.5. The van der Waals surface area contributed by atoms with Crippen molar-refractivity contribution < 1.29 is 19.4 Å². The number of carbonyl (C=O) groups is 1. The number of methoxy groups -OCH3 is 2. The molecule has 1 atom stereocenters. The first-order valence-corrected chi connectivity index (χ1v) is 5.89. The summed E-state index contributed by atoms with van der Waals surface area (Å²) in [7, 11) is 2.74. The second kappa shape index (κ2) is 8.11. The number of carbonyl (C=O) groups excluding carboxylic acids is 1. The highest BCUT2D eigenvalue weighted by Gasteiger charge is 2.07. The Bertz CT molecular complexity index is 448. The number of aliphatic hydroxyl groups is 1. The normalized spacial score (nSPS) is 13.3. The zero-order valence-electron chi connectivity index (χ0n) is 11.1. The van der Waals surface area contributed by atoms with Crippen molar-refractivity contribution in [3.05, 3.63) is 53.8 Å². The maximum absolute atomic E-state index is 11.1. The molecular formula is C15H18O4. The molecule has 4 nitrogen and oxygen atoms in total. The van der Waals surface area contributed by atoms with Gasteiger partial charge in [0.2, 0.25) is 0 Å². The Morgan fingerprint density at radius 2 is 1.95 bits per heavy atom. The van der Waals surface area contributed by atoms with Crippen LogP contribution in [0.4, 0.5) is 0 Å². The summed E-state index contributed by atoms with van der Waals surface area (Å²) >= 11 is 0. The van der Waals surface area contributed by atoms with E-state index >= 15 is 0 Å². The van der Waals surface area contributed by atoms with Gasteiger partial charge in [-0.25, -0.2) is 4.79 Å². The summed E-state index contributed by atoms with van der Waals surface area (Å²) in [6.07, 6.45) is 4.18. The average molecular weight is 262 g/mol. The maximum Gasteiger partial charge on any atom is 0.333 e. The summed E-state index contributed by atoms with van der Waals surface area (Å²) in [5.41, 5.74) is 0.998. The van der Waals surface area contributed by atoms with E-state index in [0.29, 0.717) is 5.76 Å². The minimum Gasteiger partial charge on any atom is -0.501 e. The predicted octanol–water partition coefficient (Wildman–Crippen LogP) is 2.15. The van der Waals surface area contributed by atoms with Crippen LogP contribution in [0.15, 0.2) is 48.2 Å². The SMILES string of the molecule is COC(=O)/C=C(\CC(O)/C=C\c1ccccc1)OC. The van der Waals surface area contributed by atoms with Gasteiger partial charge in [-0.05, 0) is 5.56 Å². The number of esters is 1. The van der Waals surface area contributed by atoms with Gasteiger partial charge in [-0.1, -0.05) is 42.5 Å². The Morgan fingerprint density at radius 1 is 1.26 bits per heavy atom. The molecule has 0 spiro atoms. The lowest BCUT2D eigenvalue weighted by molar-refractivity contribution is -0.135. The van der Waals surface area contributed by atoms with Crippen LogP contribution in [0.3, 0.4) is 0 Å². The van der Waals surface area contributed by atoms with E-state index in [0.717, 1.165) is 5.56 Å². The summed E-state index contributed by atoms with van der Waals surface area (Å²) in [6.45, 7) is 0. The number of benzene rings is 1. The van der Waals surface area contributed by atoms with Crippen molar-refractivity contribution in [1.29, 1.82) is 0 Å². The molecular weight excluding hydrogens is 244 g/mol. The Morgan fingerprint density at radius 3 is 2.53 bits per heavy atom. The largest absolute Gasteiger partial charge is 0.501 e. The number of rotatable bonds is 6. The zero-order chi connectivity index (χ0) is 14.1. The third-order valence-corrected chi connectivity index (χ3v) is 2.46. The Labute approximate surface area is 113 Å². The van der Waals surface area contributed by atoms with Crippen LogP contribution >= 0.6 is 0 Å². The first kappa shape index (κ1) is 15.0. The van der Waals surface area contributed by atoms with E-state index in [1.54, 1.807) is 6.08 Å². The van der Waals surface area contributed by atoms with E-state index in [-0.39, 0.29) is 6.42 Å². The van der Waals surface area contributed by atoms with Crippen molar-refractivity contribution in [1.82, 2.24) is 0 Å². The monoisotopic (exact) mass is 262 g/mol. The molecule has 1 aromatic rings. The minimum atomic E-state index is -0.726. The first-order valence-electron chi connectivity index (χ1n) is 5.89. The molecule has 1 N–H and O–H groups in total. The highest BCUT2D eigenvalue weighted by molar-refractivity contribution is 5.82. The van der Waals surface area contributed by atoms with E-state index in [4.69, 9.17) is 4.74 Å². The molecule has 0 aromatic heterocycles. The molecule has 1 rings (SSSR count). The highest BCUT2D eigenvalue weighted by Crippen LogP contribution is 2.10. The third kappa shape index (κ3) is 5.88. The molecule has 0 aliphatic rings. The summed E-state index contributed by atoms with van der Waals surface area (Å²) in [5.74, 6) is -0.131. The fraction of sp³-hybridized carbons (Fsp3) is 0.267. The lowest BCUT2D eigenvalue weighted by Crippen LogP contribution is -2.07. The van der Waals surface area contributed by atoms with Gasteiger partial charge in [0.25, 0.3) is 0 Å². The minimum absolute atomic E-state index is 0.217. The van der Waals surface area contributed by atoms with Crippen molar-refractivity contribution >= 4 is 12.0 Å². The fourth-order valence-corrected chi connectivity index (χ4v) is 1.45.